The number of aliphatic carboxylic acids is 1. The smallest absolute Gasteiger partial charge is 0.326 e. The number of hydrogen-bond donors (Lipinski definition) is 2. The Bertz CT molecular complexity index is 196. The van der Waals surface area contributed by atoms with E-state index >= 15 is 0 Å². The number of thioether (sulfide) groups is 1. The van der Waals surface area contributed by atoms with Crippen LogP contribution in [-0.2, 0) is 4.79 Å². The van der Waals surface area contributed by atoms with Crippen LogP contribution >= 0.6 is 11.8 Å². The van der Waals surface area contributed by atoms with Crippen molar-refractivity contribution in [1.82, 2.24) is 5.32 Å². The number of carboxylic acids is 1. The van der Waals surface area contributed by atoms with Crippen LogP contribution in [0.5, 0.6) is 0 Å². The van der Waals surface area contributed by atoms with E-state index in [2.05, 4.69) is 5.32 Å². The molecule has 0 aliphatic rings. The topological polar surface area (TPSA) is 66.4 Å². The largest absolute Gasteiger partial charge is 0.480 e. The van der Waals surface area contributed by atoms with Crippen LogP contribution in [0.2, 0.25) is 0 Å². The van der Waals surface area contributed by atoms with Crippen molar-refractivity contribution in [3.05, 3.63) is 0 Å². The molecule has 0 bridgehead atoms. The van der Waals surface area contributed by atoms with Crippen molar-refractivity contribution < 1.29 is 14.7 Å². The SMILES string of the molecule is CCC(C)C(NC(=O)SC)C(=O)O. The summed E-state index contributed by atoms with van der Waals surface area (Å²) in [5.74, 6) is -1.02. The molecule has 0 aromatic rings. The van der Waals surface area contributed by atoms with Crippen molar-refractivity contribution in [2.75, 3.05) is 6.26 Å². The highest BCUT2D eigenvalue weighted by Crippen LogP contribution is 2.09. The molecule has 0 rings (SSSR count). The minimum atomic E-state index is -0.975. The van der Waals surface area contributed by atoms with Crippen molar-refractivity contribution in [1.29, 1.82) is 0 Å². The second kappa shape index (κ2) is 5.85. The Kier molecular flexibility index (Phi) is 5.53. The predicted octanol–water partition coefficient (Wildman–Crippen LogP) is 1.56. The Hall–Kier alpha value is -0.710. The number of amides is 1. The molecule has 0 heterocycles. The van der Waals surface area contributed by atoms with Crippen molar-refractivity contribution >= 4 is 23.0 Å². The minimum Gasteiger partial charge on any atom is -0.480 e. The fourth-order valence-electron chi connectivity index (χ4n) is 0.869. The van der Waals surface area contributed by atoms with Gasteiger partial charge in [0.25, 0.3) is 5.24 Å². The third-order valence-electron chi connectivity index (χ3n) is 1.94. The number of hydrogen-bond acceptors (Lipinski definition) is 3. The highest BCUT2D eigenvalue weighted by atomic mass is 32.2. The molecular formula is C8H15NO3S. The van der Waals surface area contributed by atoms with Gasteiger partial charge in [-0.3, -0.25) is 4.79 Å². The molecule has 2 atom stereocenters. The van der Waals surface area contributed by atoms with E-state index in [0.29, 0.717) is 0 Å². The van der Waals surface area contributed by atoms with Gasteiger partial charge in [-0.1, -0.05) is 32.0 Å². The second-order valence-electron chi connectivity index (χ2n) is 2.84. The van der Waals surface area contributed by atoms with Crippen LogP contribution in [-0.4, -0.2) is 28.6 Å². The molecule has 4 nitrogen and oxygen atoms in total. The van der Waals surface area contributed by atoms with Gasteiger partial charge in [0.15, 0.2) is 0 Å². The van der Waals surface area contributed by atoms with Gasteiger partial charge in [-0.25, -0.2) is 4.79 Å². The zero-order chi connectivity index (χ0) is 10.4. The van der Waals surface area contributed by atoms with Crippen molar-refractivity contribution in [3.8, 4) is 0 Å². The number of nitrogens with one attached hydrogen (secondary N) is 1. The first-order chi connectivity index (χ1) is 6.02. The van der Waals surface area contributed by atoms with Crippen LogP contribution in [0, 0.1) is 5.92 Å². The molecule has 76 valence electrons. The molecule has 0 aliphatic carbocycles. The Labute approximate surface area is 82.1 Å². The van der Waals surface area contributed by atoms with Gasteiger partial charge >= 0.3 is 5.97 Å². The maximum Gasteiger partial charge on any atom is 0.326 e. The molecule has 0 spiro atoms. The van der Waals surface area contributed by atoms with Gasteiger partial charge in [-0.2, -0.15) is 0 Å². The number of rotatable bonds is 4. The molecule has 2 unspecified atom stereocenters. The first-order valence-corrected chi connectivity index (χ1v) is 5.32. The lowest BCUT2D eigenvalue weighted by Gasteiger charge is -2.19. The van der Waals surface area contributed by atoms with Crippen LogP contribution in [0.1, 0.15) is 20.3 Å². The quantitative estimate of drug-likeness (QED) is 0.731. The van der Waals surface area contributed by atoms with Crippen LogP contribution in [0.4, 0.5) is 4.79 Å². The van der Waals surface area contributed by atoms with E-state index in [-0.39, 0.29) is 11.2 Å². The molecule has 0 fully saturated rings. The highest BCUT2D eigenvalue weighted by Gasteiger charge is 2.24. The van der Waals surface area contributed by atoms with Crippen LogP contribution in [0.15, 0.2) is 0 Å². The summed E-state index contributed by atoms with van der Waals surface area (Å²) in [5, 5.41) is 10.9. The first kappa shape index (κ1) is 12.3. The molecular weight excluding hydrogens is 190 g/mol. The van der Waals surface area contributed by atoms with Gasteiger partial charge in [0.05, 0.1) is 0 Å². The molecule has 0 saturated carbocycles. The van der Waals surface area contributed by atoms with Crippen molar-refractivity contribution in [2.45, 2.75) is 26.3 Å². The van der Waals surface area contributed by atoms with E-state index in [4.69, 9.17) is 5.11 Å². The zero-order valence-electron chi connectivity index (χ0n) is 8.03. The molecule has 1 amide bonds. The highest BCUT2D eigenvalue weighted by molar-refractivity contribution is 8.12. The van der Waals surface area contributed by atoms with E-state index in [1.54, 1.807) is 13.2 Å². The van der Waals surface area contributed by atoms with E-state index in [1.807, 2.05) is 6.92 Å². The van der Waals surface area contributed by atoms with Crippen molar-refractivity contribution in [2.24, 2.45) is 5.92 Å². The third kappa shape index (κ3) is 4.17. The standard InChI is InChI=1S/C8H15NO3S/c1-4-5(2)6(7(10)11)9-8(12)13-3/h5-6H,4H2,1-3H3,(H,9,12)(H,10,11). The summed E-state index contributed by atoms with van der Waals surface area (Å²) in [6, 6.07) is -0.773. The summed E-state index contributed by atoms with van der Waals surface area (Å²) < 4.78 is 0. The number of carbonyl (C=O) groups is 2. The molecule has 0 saturated heterocycles. The summed E-state index contributed by atoms with van der Waals surface area (Å²) in [5.41, 5.74) is 0. The molecule has 0 aromatic heterocycles. The molecule has 0 radical (unpaired) electrons. The van der Waals surface area contributed by atoms with Crippen LogP contribution in [0.25, 0.3) is 0 Å². The lowest BCUT2D eigenvalue weighted by molar-refractivity contribution is -0.140. The summed E-state index contributed by atoms with van der Waals surface area (Å²) in [4.78, 5) is 21.7. The van der Waals surface area contributed by atoms with Gasteiger partial charge < -0.3 is 10.4 Å². The summed E-state index contributed by atoms with van der Waals surface area (Å²) in [6.45, 7) is 3.70. The Morgan fingerprint density at radius 2 is 2.08 bits per heavy atom. The second-order valence-corrected chi connectivity index (χ2v) is 3.62. The lowest BCUT2D eigenvalue weighted by Crippen LogP contribution is -2.43. The van der Waals surface area contributed by atoms with Crippen molar-refractivity contribution in [3.63, 3.8) is 0 Å². The van der Waals surface area contributed by atoms with Crippen LogP contribution in [0.3, 0.4) is 0 Å². The molecule has 0 aromatic carbocycles. The Morgan fingerprint density at radius 1 is 1.54 bits per heavy atom. The maximum atomic E-state index is 10.9. The van der Waals surface area contributed by atoms with Gasteiger partial charge in [0.1, 0.15) is 6.04 Å². The van der Waals surface area contributed by atoms with E-state index < -0.39 is 12.0 Å². The summed E-state index contributed by atoms with van der Waals surface area (Å²) in [6.07, 6.45) is 2.34. The molecule has 2 N–H and O–H groups in total. The Balaban J connectivity index is 4.26. The minimum absolute atomic E-state index is 0.0476. The van der Waals surface area contributed by atoms with Crippen LogP contribution < -0.4 is 5.32 Å². The molecule has 5 heteroatoms. The third-order valence-corrected chi connectivity index (χ3v) is 2.43. The lowest BCUT2D eigenvalue weighted by atomic mass is 10.00. The normalized spacial score (nSPS) is 14.7. The summed E-state index contributed by atoms with van der Waals surface area (Å²) >= 11 is 0.985. The summed E-state index contributed by atoms with van der Waals surface area (Å²) in [7, 11) is 0. The van der Waals surface area contributed by atoms with Gasteiger partial charge in [-0.05, 0) is 12.2 Å². The fraction of sp³-hybridized carbons (Fsp3) is 0.750. The van der Waals surface area contributed by atoms with E-state index in [1.165, 1.54) is 0 Å². The average molecular weight is 205 g/mol. The Morgan fingerprint density at radius 3 is 2.38 bits per heavy atom. The van der Waals surface area contributed by atoms with E-state index in [9.17, 15) is 9.59 Å². The first-order valence-electron chi connectivity index (χ1n) is 4.10. The fourth-order valence-corrected chi connectivity index (χ4v) is 1.11. The average Bonchev–Trinajstić information content (AvgIpc) is 2.11. The maximum absolute atomic E-state index is 10.9. The van der Waals surface area contributed by atoms with E-state index in [0.717, 1.165) is 18.2 Å². The predicted molar refractivity (Wildman–Crippen MR) is 52.9 cm³/mol. The number of carbonyl (C=O) groups excluding carboxylic acids is 1. The molecule has 0 aliphatic heterocycles. The van der Waals surface area contributed by atoms with Gasteiger partial charge in [-0.15, -0.1) is 0 Å². The van der Waals surface area contributed by atoms with Gasteiger partial charge in [0, 0.05) is 0 Å². The number of carboxylic acid groups (broad SMARTS) is 1. The molecule has 13 heavy (non-hydrogen) atoms. The zero-order valence-corrected chi connectivity index (χ0v) is 8.85. The monoisotopic (exact) mass is 205 g/mol. The van der Waals surface area contributed by atoms with Gasteiger partial charge in [0.2, 0.25) is 0 Å².